The molecule has 0 bridgehead atoms. The molecule has 0 unspecified atom stereocenters. The molecule has 0 amide bonds. The Balaban J connectivity index is 0. The molecule has 0 fully saturated rings. The van der Waals surface area contributed by atoms with E-state index in [4.69, 9.17) is 0 Å². The fourth-order valence-electron chi connectivity index (χ4n) is 4.06. The first-order chi connectivity index (χ1) is 20.0. The van der Waals surface area contributed by atoms with E-state index in [9.17, 15) is 18.0 Å². The number of carbonyl (C=O) groups excluding carboxylic acids is 1. The van der Waals surface area contributed by atoms with Crippen LogP contribution < -0.4 is 5.32 Å². The molecule has 2 aromatic carbocycles. The zero-order valence-corrected chi connectivity index (χ0v) is 28.4. The van der Waals surface area contributed by atoms with Gasteiger partial charge in [0.25, 0.3) is 0 Å². The highest BCUT2D eigenvalue weighted by molar-refractivity contribution is 5.81. The van der Waals surface area contributed by atoms with Gasteiger partial charge in [0.15, 0.2) is 0 Å². The topological polar surface area (TPSA) is 32.3 Å². The number of hydrogen-bond acceptors (Lipinski definition) is 3. The second kappa shape index (κ2) is 21.6. The molecule has 0 radical (unpaired) electrons. The van der Waals surface area contributed by atoms with Gasteiger partial charge in [-0.15, -0.1) is 13.2 Å². The Kier molecular flexibility index (Phi) is 21.1. The van der Waals surface area contributed by atoms with Gasteiger partial charge < -0.3 is 0 Å². The van der Waals surface area contributed by atoms with Gasteiger partial charge in [0.2, 0.25) is 0 Å². The number of carbonyl (C=O) groups is 1. The van der Waals surface area contributed by atoms with Gasteiger partial charge in [-0.1, -0.05) is 108 Å². The number of nitrogens with one attached hydrogen (secondary N) is 1. The summed E-state index contributed by atoms with van der Waals surface area (Å²) in [6.45, 7) is 28.3. The lowest BCUT2D eigenvalue weighted by Crippen LogP contribution is -2.38. The molecule has 2 atom stereocenters. The lowest BCUT2D eigenvalue weighted by molar-refractivity contribution is -0.122. The maximum absolute atomic E-state index is 11.9. The summed E-state index contributed by atoms with van der Waals surface area (Å²) in [4.78, 5) is 14.1. The van der Waals surface area contributed by atoms with E-state index in [0.29, 0.717) is 0 Å². The minimum Gasteiger partial charge on any atom is -0.298 e. The Morgan fingerprint density at radius 3 is 1.79 bits per heavy atom. The summed E-state index contributed by atoms with van der Waals surface area (Å²) in [6.07, 6.45) is 3.35. The van der Waals surface area contributed by atoms with Gasteiger partial charge in [-0.3, -0.25) is 15.0 Å². The predicted octanol–water partition coefficient (Wildman–Crippen LogP) is 11.2. The highest BCUT2D eigenvalue weighted by Crippen LogP contribution is 2.27. The Bertz CT molecular complexity index is 1070. The molecular formula is C37H57F3N2O. The van der Waals surface area contributed by atoms with Gasteiger partial charge in [0, 0.05) is 11.7 Å². The average molecular weight is 603 g/mol. The second-order valence-corrected chi connectivity index (χ2v) is 11.4. The van der Waals surface area contributed by atoms with Crippen molar-refractivity contribution >= 4 is 11.5 Å². The number of allylic oxidation sites excluding steroid dienone is 3. The molecule has 242 valence electrons. The van der Waals surface area contributed by atoms with Gasteiger partial charge >= 0.3 is 6.30 Å². The van der Waals surface area contributed by atoms with Gasteiger partial charge in [0.1, 0.15) is 5.78 Å². The van der Waals surface area contributed by atoms with Gasteiger partial charge in [-0.25, -0.2) is 0 Å². The first kappa shape index (κ1) is 42.0. The van der Waals surface area contributed by atoms with Crippen molar-refractivity contribution in [3.05, 3.63) is 103 Å². The summed E-state index contributed by atoms with van der Waals surface area (Å²) in [5.41, 5.74) is 5.16. The minimum absolute atomic E-state index is 0.0206. The number of Topliss-reactive ketones (excluding diaryl/α,β-unsaturated/α-hetero) is 1. The molecule has 0 aliphatic carbocycles. The van der Waals surface area contributed by atoms with E-state index in [1.54, 1.807) is 19.1 Å². The van der Waals surface area contributed by atoms with Crippen molar-refractivity contribution in [2.45, 2.75) is 112 Å². The molecule has 43 heavy (non-hydrogen) atoms. The standard InChI is InChI=1S/C19H31NO.C10H12F3N.C6H10.C2H4/c1-8-9-18(15(3)21)20(7)14(2)16-10-12-17(13-11-16)19(4,5)6;1-2-3-8-4-6-9(7-5-8)14-10(11,12)13;1-4-6(3)5-2;1-2/h10-14,18H,8-9H2,1-7H3;4-7,14H,2-3H2,1H3;4-5H,1H2,2-3H3;1-2H2/b;;6-5-;/t14-,18+;;;/m1.../s1. The first-order valence-corrected chi connectivity index (χ1v) is 15.0. The molecule has 0 heterocycles. The third kappa shape index (κ3) is 18.2. The van der Waals surface area contributed by atoms with Crippen molar-refractivity contribution < 1.29 is 18.0 Å². The van der Waals surface area contributed by atoms with Crippen molar-refractivity contribution in [2.24, 2.45) is 0 Å². The Morgan fingerprint density at radius 1 is 0.953 bits per heavy atom. The summed E-state index contributed by atoms with van der Waals surface area (Å²) in [5, 5.41) is 1.45. The molecule has 2 aromatic rings. The van der Waals surface area contributed by atoms with E-state index in [1.807, 2.05) is 32.9 Å². The monoisotopic (exact) mass is 602 g/mol. The summed E-state index contributed by atoms with van der Waals surface area (Å²) in [7, 11) is 2.06. The Morgan fingerprint density at radius 2 is 1.47 bits per heavy atom. The van der Waals surface area contributed by atoms with E-state index in [-0.39, 0.29) is 29.0 Å². The highest BCUT2D eigenvalue weighted by atomic mass is 19.4. The van der Waals surface area contributed by atoms with Crippen LogP contribution in [0.5, 0.6) is 0 Å². The Hall–Kier alpha value is -3.12. The van der Waals surface area contributed by atoms with E-state index < -0.39 is 6.30 Å². The third-order valence-corrected chi connectivity index (χ3v) is 6.95. The summed E-state index contributed by atoms with van der Waals surface area (Å²) < 4.78 is 35.6. The maximum Gasteiger partial charge on any atom is 0.482 e. The lowest BCUT2D eigenvalue weighted by Gasteiger charge is -2.32. The van der Waals surface area contributed by atoms with E-state index in [0.717, 1.165) is 31.2 Å². The van der Waals surface area contributed by atoms with Crippen molar-refractivity contribution in [1.29, 1.82) is 0 Å². The van der Waals surface area contributed by atoms with Crippen LogP contribution in [-0.4, -0.2) is 30.1 Å². The van der Waals surface area contributed by atoms with Gasteiger partial charge in [-0.2, -0.15) is 13.2 Å². The van der Waals surface area contributed by atoms with Crippen LogP contribution in [0.3, 0.4) is 0 Å². The van der Waals surface area contributed by atoms with Crippen LogP contribution >= 0.6 is 0 Å². The van der Waals surface area contributed by atoms with Crippen molar-refractivity contribution in [2.75, 3.05) is 12.4 Å². The molecule has 6 heteroatoms. The molecule has 0 saturated carbocycles. The summed E-state index contributed by atoms with van der Waals surface area (Å²) in [5.74, 6) is 0.262. The minimum atomic E-state index is -4.35. The van der Waals surface area contributed by atoms with Crippen molar-refractivity contribution in [3.63, 3.8) is 0 Å². The van der Waals surface area contributed by atoms with E-state index in [2.05, 4.69) is 90.6 Å². The maximum atomic E-state index is 11.9. The normalized spacial score (nSPS) is 12.7. The Labute approximate surface area is 261 Å². The largest absolute Gasteiger partial charge is 0.482 e. The lowest BCUT2D eigenvalue weighted by atomic mass is 9.86. The molecule has 3 nitrogen and oxygen atoms in total. The van der Waals surface area contributed by atoms with Crippen molar-refractivity contribution in [3.8, 4) is 0 Å². The molecule has 0 spiro atoms. The average Bonchev–Trinajstić information content (AvgIpc) is 2.96. The number of rotatable bonds is 10. The van der Waals surface area contributed by atoms with Crippen LogP contribution in [0.25, 0.3) is 0 Å². The fourth-order valence-corrected chi connectivity index (χ4v) is 4.06. The molecule has 1 N–H and O–H groups in total. The fraction of sp³-hybridized carbons (Fsp3) is 0.486. The van der Waals surface area contributed by atoms with Crippen LogP contribution in [0, 0.1) is 0 Å². The molecule has 2 rings (SSSR count). The molecular weight excluding hydrogens is 545 g/mol. The second-order valence-electron chi connectivity index (χ2n) is 11.4. The smallest absolute Gasteiger partial charge is 0.298 e. The predicted molar refractivity (Wildman–Crippen MR) is 182 cm³/mol. The quantitative estimate of drug-likeness (QED) is 0.167. The number of aryl methyl sites for hydroxylation is 1. The number of benzene rings is 2. The van der Waals surface area contributed by atoms with Crippen LogP contribution in [0.2, 0.25) is 0 Å². The summed E-state index contributed by atoms with van der Waals surface area (Å²) in [6, 6.07) is 15.4. The number of anilines is 1. The van der Waals surface area contributed by atoms with Crippen molar-refractivity contribution in [1.82, 2.24) is 4.90 Å². The van der Waals surface area contributed by atoms with Crippen LogP contribution in [0.4, 0.5) is 18.9 Å². The first-order valence-electron chi connectivity index (χ1n) is 15.0. The SMILES string of the molecule is C=C.C=C/C(C)=C\C.CCC[C@@H](C(C)=O)N(C)[C@H](C)c1ccc(C(C)(C)C)cc1.CCCc1ccc(NC(F)(F)F)cc1. The number of alkyl halides is 3. The number of hydrogen-bond donors (Lipinski definition) is 1. The molecule has 0 aliphatic rings. The van der Waals surface area contributed by atoms with Gasteiger partial charge in [-0.05, 0) is 81.8 Å². The van der Waals surface area contributed by atoms with Crippen LogP contribution in [-0.2, 0) is 16.6 Å². The number of likely N-dealkylation sites (N-methyl/N-ethyl adjacent to an activating group) is 1. The van der Waals surface area contributed by atoms with E-state index >= 15 is 0 Å². The number of nitrogens with zero attached hydrogens (tertiary/aromatic N) is 1. The third-order valence-electron chi connectivity index (χ3n) is 6.95. The van der Waals surface area contributed by atoms with Gasteiger partial charge in [0.05, 0.1) is 6.04 Å². The summed E-state index contributed by atoms with van der Waals surface area (Å²) >= 11 is 0. The molecule has 0 saturated heterocycles. The van der Waals surface area contributed by atoms with Crippen LogP contribution in [0.1, 0.15) is 104 Å². The number of halogens is 3. The zero-order valence-electron chi connectivity index (χ0n) is 28.4. The highest BCUT2D eigenvalue weighted by Gasteiger charge is 2.27. The molecule has 0 aromatic heterocycles. The number of ketones is 1. The van der Waals surface area contributed by atoms with E-state index in [1.165, 1.54) is 34.1 Å². The molecule has 0 aliphatic heterocycles. The zero-order chi connectivity index (χ0) is 33.8. The van der Waals surface area contributed by atoms with Crippen LogP contribution in [0.15, 0.2) is 86.0 Å².